The van der Waals surface area contributed by atoms with E-state index in [-0.39, 0.29) is 0 Å². The lowest BCUT2D eigenvalue weighted by Gasteiger charge is -2.15. The van der Waals surface area contributed by atoms with E-state index >= 15 is 0 Å². The Morgan fingerprint density at radius 3 is 2.55 bits per heavy atom. The van der Waals surface area contributed by atoms with E-state index in [1.165, 1.54) is 92.2 Å². The van der Waals surface area contributed by atoms with Crippen molar-refractivity contribution in [2.75, 3.05) is 0 Å². The first-order chi connectivity index (χ1) is 15.2. The monoisotopic (exact) mass is 403 g/mol. The average molecular weight is 404 g/mol. The van der Waals surface area contributed by atoms with Crippen molar-refractivity contribution < 1.29 is 4.57 Å². The van der Waals surface area contributed by atoms with Crippen LogP contribution in [0.2, 0.25) is 0 Å². The highest BCUT2D eigenvalue weighted by Gasteiger charge is 2.26. The second kappa shape index (κ2) is 6.20. The Morgan fingerprint density at radius 2 is 1.68 bits per heavy atom. The quantitative estimate of drug-likeness (QED) is 0.170. The standard InChI is InChI=1S/C29H27N2/c1-18-13-14-20-9-6-12-24-26(20)25(18)29-28-23(15-16-30(29)2)22-11-5-10-21(27(22)31(24)28)17-19-7-3-4-8-19/h5-6,9-16,19H,3-4,7-8,17H2,1-2H3/q+1. The summed E-state index contributed by atoms with van der Waals surface area (Å²) in [6, 6.07) is 20.7. The summed E-state index contributed by atoms with van der Waals surface area (Å²) in [6.07, 6.45) is 9.01. The predicted octanol–water partition coefficient (Wildman–Crippen LogP) is 6.86. The Morgan fingerprint density at radius 1 is 0.871 bits per heavy atom. The Bertz CT molecular complexity index is 1630. The third-order valence-corrected chi connectivity index (χ3v) is 7.85. The molecule has 0 bridgehead atoms. The number of fused-ring (bicyclic) bond motifs is 5. The molecule has 0 aliphatic heterocycles. The van der Waals surface area contributed by atoms with Crippen molar-refractivity contribution >= 4 is 49.0 Å². The first-order valence-electron chi connectivity index (χ1n) is 11.7. The predicted molar refractivity (Wildman–Crippen MR) is 130 cm³/mol. The molecule has 1 aliphatic rings. The molecule has 3 aromatic carbocycles. The van der Waals surface area contributed by atoms with E-state index < -0.39 is 0 Å². The fourth-order valence-electron chi connectivity index (χ4n) is 6.44. The van der Waals surface area contributed by atoms with Gasteiger partial charge in [-0.05, 0) is 41.8 Å². The molecule has 31 heavy (non-hydrogen) atoms. The number of hydrogen-bond acceptors (Lipinski definition) is 0. The lowest BCUT2D eigenvalue weighted by Crippen LogP contribution is -2.28. The molecule has 0 N–H and O–H groups in total. The number of benzene rings is 3. The highest BCUT2D eigenvalue weighted by molar-refractivity contribution is 6.25. The maximum absolute atomic E-state index is 2.60. The molecule has 0 unspecified atom stereocenters. The highest BCUT2D eigenvalue weighted by atomic mass is 15.0. The van der Waals surface area contributed by atoms with Gasteiger partial charge >= 0.3 is 0 Å². The topological polar surface area (TPSA) is 8.29 Å². The maximum atomic E-state index is 2.60. The van der Waals surface area contributed by atoms with Crippen LogP contribution in [0.5, 0.6) is 0 Å². The average Bonchev–Trinajstić information content (AvgIpc) is 3.41. The van der Waals surface area contributed by atoms with Gasteiger partial charge in [0.15, 0.2) is 6.20 Å². The van der Waals surface area contributed by atoms with Crippen molar-refractivity contribution in [2.45, 2.75) is 39.0 Å². The fraction of sp³-hybridized carbons (Fsp3) is 0.276. The molecule has 0 saturated heterocycles. The van der Waals surface area contributed by atoms with Gasteiger partial charge < -0.3 is 4.40 Å². The van der Waals surface area contributed by atoms with Crippen molar-refractivity contribution in [1.82, 2.24) is 4.40 Å². The molecule has 1 aliphatic carbocycles. The molecular formula is C29H27N2+. The SMILES string of the molecule is Cc1ccc2cccc3c2c1c1c2c(cc[n+]1C)c1cccc(CC4CCCC4)c1n32. The van der Waals surface area contributed by atoms with Crippen LogP contribution in [0.4, 0.5) is 0 Å². The Balaban J connectivity index is 1.77. The smallest absolute Gasteiger partial charge is 0.238 e. The molecule has 2 heteroatoms. The molecule has 0 amide bonds. The second-order valence-electron chi connectivity index (χ2n) is 9.67. The van der Waals surface area contributed by atoms with E-state index in [4.69, 9.17) is 0 Å². The van der Waals surface area contributed by atoms with Gasteiger partial charge in [0.1, 0.15) is 12.6 Å². The Hall–Kier alpha value is -3.13. The van der Waals surface area contributed by atoms with Gasteiger partial charge in [-0.25, -0.2) is 0 Å². The second-order valence-corrected chi connectivity index (χ2v) is 9.67. The summed E-state index contributed by atoms with van der Waals surface area (Å²) in [6.45, 7) is 2.26. The largest absolute Gasteiger partial charge is 0.303 e. The van der Waals surface area contributed by atoms with Crippen LogP contribution in [-0.4, -0.2) is 4.40 Å². The van der Waals surface area contributed by atoms with Crippen molar-refractivity contribution in [3.8, 4) is 0 Å². The zero-order valence-corrected chi connectivity index (χ0v) is 18.3. The zero-order chi connectivity index (χ0) is 20.7. The summed E-state index contributed by atoms with van der Waals surface area (Å²) in [7, 11) is 2.20. The molecule has 2 nitrogen and oxygen atoms in total. The van der Waals surface area contributed by atoms with Crippen LogP contribution in [0, 0.1) is 12.8 Å². The van der Waals surface area contributed by atoms with Crippen LogP contribution in [-0.2, 0) is 13.5 Å². The van der Waals surface area contributed by atoms with E-state index in [9.17, 15) is 0 Å². The van der Waals surface area contributed by atoms with Crippen LogP contribution in [0.25, 0.3) is 49.0 Å². The third kappa shape index (κ3) is 2.25. The van der Waals surface area contributed by atoms with Crippen molar-refractivity contribution in [3.05, 3.63) is 71.9 Å². The minimum atomic E-state index is 0.834. The number of pyridine rings is 2. The molecule has 152 valence electrons. The van der Waals surface area contributed by atoms with E-state index in [1.54, 1.807) is 0 Å². The number of aromatic nitrogens is 2. The number of para-hydroxylation sites is 1. The first kappa shape index (κ1) is 17.5. The van der Waals surface area contributed by atoms with Gasteiger partial charge in [-0.15, -0.1) is 0 Å². The van der Waals surface area contributed by atoms with E-state index in [1.807, 2.05) is 0 Å². The molecule has 0 radical (unpaired) electrons. The van der Waals surface area contributed by atoms with Crippen molar-refractivity contribution in [3.63, 3.8) is 0 Å². The molecular weight excluding hydrogens is 376 g/mol. The molecule has 3 aromatic heterocycles. The fourth-order valence-corrected chi connectivity index (χ4v) is 6.44. The van der Waals surface area contributed by atoms with Crippen LogP contribution in [0.3, 0.4) is 0 Å². The van der Waals surface area contributed by atoms with E-state index in [2.05, 4.69) is 83.7 Å². The maximum Gasteiger partial charge on any atom is 0.238 e. The van der Waals surface area contributed by atoms with Crippen molar-refractivity contribution in [1.29, 1.82) is 0 Å². The first-order valence-corrected chi connectivity index (χ1v) is 11.7. The molecule has 7 rings (SSSR count). The summed E-state index contributed by atoms with van der Waals surface area (Å²) in [5.74, 6) is 0.834. The summed E-state index contributed by atoms with van der Waals surface area (Å²) in [5.41, 5.74) is 8.36. The lowest BCUT2D eigenvalue weighted by atomic mass is 9.96. The molecule has 1 saturated carbocycles. The number of aryl methyl sites for hydroxylation is 2. The van der Waals surface area contributed by atoms with E-state index in [0.717, 1.165) is 5.92 Å². The molecule has 1 fully saturated rings. The summed E-state index contributed by atoms with van der Waals surface area (Å²) in [5, 5.41) is 6.90. The van der Waals surface area contributed by atoms with Gasteiger partial charge in [0.25, 0.3) is 0 Å². The Labute approximate surface area is 182 Å². The summed E-state index contributed by atoms with van der Waals surface area (Å²) >= 11 is 0. The van der Waals surface area contributed by atoms with Gasteiger partial charge in [-0.1, -0.05) is 68.1 Å². The lowest BCUT2D eigenvalue weighted by molar-refractivity contribution is -0.644. The number of hydrogen-bond donors (Lipinski definition) is 0. The highest BCUT2D eigenvalue weighted by Crippen LogP contribution is 2.41. The molecule has 3 heterocycles. The minimum Gasteiger partial charge on any atom is -0.303 e. The molecule has 0 spiro atoms. The van der Waals surface area contributed by atoms with Crippen LogP contribution in [0.15, 0.2) is 60.8 Å². The third-order valence-electron chi connectivity index (χ3n) is 7.85. The number of rotatable bonds is 2. The zero-order valence-electron chi connectivity index (χ0n) is 18.3. The van der Waals surface area contributed by atoms with Crippen LogP contribution in [0.1, 0.15) is 36.8 Å². The van der Waals surface area contributed by atoms with Crippen LogP contribution >= 0.6 is 0 Å². The summed E-state index contributed by atoms with van der Waals surface area (Å²) in [4.78, 5) is 0. The van der Waals surface area contributed by atoms with Gasteiger partial charge in [0, 0.05) is 22.2 Å². The molecule has 0 atom stereocenters. The minimum absolute atomic E-state index is 0.834. The Kier molecular flexibility index (Phi) is 3.51. The van der Waals surface area contributed by atoms with Gasteiger partial charge in [0.05, 0.1) is 16.4 Å². The summed E-state index contributed by atoms with van der Waals surface area (Å²) < 4.78 is 4.92. The molecule has 6 aromatic rings. The van der Waals surface area contributed by atoms with E-state index in [0.29, 0.717) is 0 Å². The normalized spacial score (nSPS) is 15.5. The van der Waals surface area contributed by atoms with Gasteiger partial charge in [-0.3, -0.25) is 0 Å². The van der Waals surface area contributed by atoms with Crippen LogP contribution < -0.4 is 4.57 Å². The van der Waals surface area contributed by atoms with Crippen molar-refractivity contribution in [2.24, 2.45) is 13.0 Å². The van der Waals surface area contributed by atoms with Gasteiger partial charge in [0.2, 0.25) is 5.52 Å². The van der Waals surface area contributed by atoms with Gasteiger partial charge in [-0.2, -0.15) is 4.57 Å². The number of nitrogens with zero attached hydrogens (tertiary/aromatic N) is 2.